The average Bonchev–Trinajstić information content (AvgIpc) is 2.62. The van der Waals surface area contributed by atoms with Gasteiger partial charge in [-0.3, -0.25) is 15.0 Å². The molecule has 0 N–H and O–H groups in total. The monoisotopic (exact) mass is 367 g/mol. The molecule has 2 aliphatic rings. The summed E-state index contributed by atoms with van der Waals surface area (Å²) in [5.41, 5.74) is -0.102. The van der Waals surface area contributed by atoms with Crippen molar-refractivity contribution >= 4 is 15.7 Å². The van der Waals surface area contributed by atoms with Crippen LogP contribution in [0.15, 0.2) is 29.2 Å². The Kier molecular flexibility index (Phi) is 5.41. The molecule has 0 radical (unpaired) electrons. The summed E-state index contributed by atoms with van der Waals surface area (Å²) in [6.45, 7) is 4.75. The first-order valence-electron chi connectivity index (χ1n) is 8.88. The molecule has 2 atom stereocenters. The van der Waals surface area contributed by atoms with Crippen molar-refractivity contribution < 1.29 is 13.3 Å². The highest BCUT2D eigenvalue weighted by molar-refractivity contribution is 7.89. The van der Waals surface area contributed by atoms with Gasteiger partial charge in [-0.2, -0.15) is 4.31 Å². The van der Waals surface area contributed by atoms with Crippen molar-refractivity contribution in [1.82, 2.24) is 9.21 Å². The predicted octanol–water partition coefficient (Wildman–Crippen LogP) is 2.48. The molecule has 25 heavy (non-hydrogen) atoms. The zero-order valence-corrected chi connectivity index (χ0v) is 15.3. The lowest BCUT2D eigenvalue weighted by atomic mass is 9.84. The zero-order valence-electron chi connectivity index (χ0n) is 14.5. The Hall–Kier alpha value is -1.51. The first kappa shape index (κ1) is 18.3. The SMILES string of the molecule is C[C@@H]1CCCC[C@@H]1N1CCN(S(=O)(=O)c2ccc([N+](=O)[O-])cc2)CC1. The van der Waals surface area contributed by atoms with Gasteiger partial charge in [-0.05, 0) is 30.9 Å². The minimum atomic E-state index is -3.59. The van der Waals surface area contributed by atoms with Gasteiger partial charge < -0.3 is 0 Å². The van der Waals surface area contributed by atoms with Gasteiger partial charge in [0.15, 0.2) is 0 Å². The van der Waals surface area contributed by atoms with E-state index < -0.39 is 14.9 Å². The number of hydrogen-bond donors (Lipinski definition) is 0. The van der Waals surface area contributed by atoms with Gasteiger partial charge in [0.05, 0.1) is 9.82 Å². The average molecular weight is 367 g/mol. The highest BCUT2D eigenvalue weighted by Crippen LogP contribution is 2.29. The van der Waals surface area contributed by atoms with Gasteiger partial charge in [0.2, 0.25) is 10.0 Å². The first-order chi connectivity index (χ1) is 11.9. The number of piperazine rings is 1. The van der Waals surface area contributed by atoms with Crippen LogP contribution in [0.2, 0.25) is 0 Å². The lowest BCUT2D eigenvalue weighted by Gasteiger charge is -2.43. The molecule has 1 aromatic rings. The van der Waals surface area contributed by atoms with Crippen LogP contribution in [0.4, 0.5) is 5.69 Å². The lowest BCUT2D eigenvalue weighted by Crippen LogP contribution is -2.53. The molecule has 0 amide bonds. The van der Waals surface area contributed by atoms with E-state index in [1.165, 1.54) is 54.3 Å². The summed E-state index contributed by atoms with van der Waals surface area (Å²) in [5, 5.41) is 10.7. The summed E-state index contributed by atoms with van der Waals surface area (Å²) >= 11 is 0. The van der Waals surface area contributed by atoms with Crippen LogP contribution >= 0.6 is 0 Å². The summed E-state index contributed by atoms with van der Waals surface area (Å²) in [4.78, 5) is 12.7. The third kappa shape index (κ3) is 3.86. The fourth-order valence-electron chi connectivity index (χ4n) is 4.00. The molecule has 138 valence electrons. The number of nitro groups is 1. The quantitative estimate of drug-likeness (QED) is 0.603. The van der Waals surface area contributed by atoms with Crippen LogP contribution in [0.1, 0.15) is 32.6 Å². The van der Waals surface area contributed by atoms with Crippen LogP contribution in [0.5, 0.6) is 0 Å². The molecule has 0 aromatic heterocycles. The van der Waals surface area contributed by atoms with Gasteiger partial charge in [0.25, 0.3) is 5.69 Å². The van der Waals surface area contributed by atoms with E-state index in [2.05, 4.69) is 11.8 Å². The maximum absolute atomic E-state index is 12.8. The molecule has 0 spiro atoms. The number of hydrogen-bond acceptors (Lipinski definition) is 5. The Bertz CT molecular complexity index is 712. The number of non-ortho nitro benzene ring substituents is 1. The molecule has 1 aliphatic heterocycles. The normalized spacial score (nSPS) is 26.4. The predicted molar refractivity (Wildman–Crippen MR) is 94.8 cm³/mol. The molecule has 1 heterocycles. The van der Waals surface area contributed by atoms with Crippen LogP contribution in [-0.4, -0.2) is 54.8 Å². The van der Waals surface area contributed by atoms with Crippen LogP contribution < -0.4 is 0 Å². The minimum absolute atomic E-state index is 0.102. The summed E-state index contributed by atoms with van der Waals surface area (Å²) in [5.74, 6) is 0.673. The summed E-state index contributed by atoms with van der Waals surface area (Å²) in [7, 11) is -3.59. The smallest absolute Gasteiger partial charge is 0.269 e. The molecule has 8 heteroatoms. The van der Waals surface area contributed by atoms with Crippen molar-refractivity contribution in [2.45, 2.75) is 43.5 Å². The highest BCUT2D eigenvalue weighted by Gasteiger charge is 2.33. The highest BCUT2D eigenvalue weighted by atomic mass is 32.2. The number of sulfonamides is 1. The molecule has 1 aromatic carbocycles. The lowest BCUT2D eigenvalue weighted by molar-refractivity contribution is -0.384. The molecule has 2 fully saturated rings. The number of nitrogens with zero attached hydrogens (tertiary/aromatic N) is 3. The molecule has 1 aliphatic carbocycles. The molecular weight excluding hydrogens is 342 g/mol. The molecule has 7 nitrogen and oxygen atoms in total. The van der Waals surface area contributed by atoms with Gasteiger partial charge in [-0.1, -0.05) is 19.8 Å². The zero-order chi connectivity index (χ0) is 18.0. The van der Waals surface area contributed by atoms with Crippen LogP contribution in [0.25, 0.3) is 0 Å². The maximum Gasteiger partial charge on any atom is 0.269 e. The van der Waals surface area contributed by atoms with E-state index in [0.717, 1.165) is 13.1 Å². The Balaban J connectivity index is 1.66. The van der Waals surface area contributed by atoms with E-state index in [1.807, 2.05) is 0 Å². The largest absolute Gasteiger partial charge is 0.298 e. The molecule has 3 rings (SSSR count). The van der Waals surface area contributed by atoms with Crippen LogP contribution in [0, 0.1) is 16.0 Å². The van der Waals surface area contributed by atoms with Gasteiger partial charge in [0.1, 0.15) is 0 Å². The summed E-state index contributed by atoms with van der Waals surface area (Å²) in [6.07, 6.45) is 5.02. The molecule has 1 saturated heterocycles. The van der Waals surface area contributed by atoms with Crippen molar-refractivity contribution in [2.24, 2.45) is 5.92 Å². The summed E-state index contributed by atoms with van der Waals surface area (Å²) in [6, 6.07) is 5.70. The van der Waals surface area contributed by atoms with E-state index in [1.54, 1.807) is 0 Å². The van der Waals surface area contributed by atoms with E-state index in [4.69, 9.17) is 0 Å². The van der Waals surface area contributed by atoms with Crippen LogP contribution in [0.3, 0.4) is 0 Å². The van der Waals surface area contributed by atoms with Gasteiger partial charge in [-0.25, -0.2) is 8.42 Å². The second kappa shape index (κ2) is 7.39. The summed E-state index contributed by atoms with van der Waals surface area (Å²) < 4.78 is 27.0. The van der Waals surface area contributed by atoms with Crippen molar-refractivity contribution in [3.05, 3.63) is 34.4 Å². The van der Waals surface area contributed by atoms with E-state index in [-0.39, 0.29) is 10.6 Å². The third-order valence-corrected chi connectivity index (χ3v) is 7.41. The van der Waals surface area contributed by atoms with E-state index in [9.17, 15) is 18.5 Å². The van der Waals surface area contributed by atoms with Gasteiger partial charge >= 0.3 is 0 Å². The molecular formula is C17H25N3O4S. The number of nitro benzene ring substituents is 1. The van der Waals surface area contributed by atoms with E-state index in [0.29, 0.717) is 25.0 Å². The van der Waals surface area contributed by atoms with Crippen molar-refractivity contribution in [1.29, 1.82) is 0 Å². The minimum Gasteiger partial charge on any atom is -0.298 e. The Labute approximate surface area is 148 Å². The fourth-order valence-corrected chi connectivity index (χ4v) is 5.43. The molecule has 0 unspecified atom stereocenters. The molecule has 1 saturated carbocycles. The van der Waals surface area contributed by atoms with Gasteiger partial charge in [-0.15, -0.1) is 0 Å². The second-order valence-corrected chi connectivity index (χ2v) is 8.96. The Morgan fingerprint density at radius 3 is 2.20 bits per heavy atom. The second-order valence-electron chi connectivity index (χ2n) is 7.02. The van der Waals surface area contributed by atoms with Crippen LogP contribution in [-0.2, 0) is 10.0 Å². The fraction of sp³-hybridized carbons (Fsp3) is 0.647. The van der Waals surface area contributed by atoms with Crippen molar-refractivity contribution in [3.63, 3.8) is 0 Å². The van der Waals surface area contributed by atoms with Crippen molar-refractivity contribution in [2.75, 3.05) is 26.2 Å². The third-order valence-electron chi connectivity index (χ3n) is 5.49. The maximum atomic E-state index is 12.8. The Morgan fingerprint density at radius 1 is 1.04 bits per heavy atom. The first-order valence-corrected chi connectivity index (χ1v) is 10.3. The van der Waals surface area contributed by atoms with E-state index >= 15 is 0 Å². The Morgan fingerprint density at radius 2 is 1.64 bits per heavy atom. The van der Waals surface area contributed by atoms with Gasteiger partial charge in [0, 0.05) is 44.4 Å². The molecule has 0 bridgehead atoms. The number of rotatable bonds is 4. The van der Waals surface area contributed by atoms with Crippen molar-refractivity contribution in [3.8, 4) is 0 Å². The topological polar surface area (TPSA) is 83.8 Å². The number of benzene rings is 1. The standard InChI is InChI=1S/C17H25N3O4S/c1-14-4-2-3-5-17(14)18-10-12-19(13-11-18)25(23,24)16-8-6-15(7-9-16)20(21)22/h6-9,14,17H,2-5,10-13H2,1H3/t14-,17+/m1/s1.